The van der Waals surface area contributed by atoms with Crippen molar-refractivity contribution in [2.24, 2.45) is 0 Å². The number of anilines is 1. The first-order chi connectivity index (χ1) is 8.15. The number of nitriles is 2. The lowest BCUT2D eigenvalue weighted by atomic mass is 10.1. The normalized spacial score (nSPS) is 11.4. The average Bonchev–Trinajstić information content (AvgIpc) is 2.36. The molecule has 0 bridgehead atoms. The summed E-state index contributed by atoms with van der Waals surface area (Å²) in [4.78, 5) is 2.96. The monoisotopic (exact) mass is 245 g/mol. The molecule has 0 N–H and O–H groups in total. The smallest absolute Gasteiger partial charge is 0.103 e. The summed E-state index contributed by atoms with van der Waals surface area (Å²) in [5.74, 6) is 0. The molecule has 0 spiro atoms. The Kier molecular flexibility index (Phi) is 4.87. The van der Waals surface area contributed by atoms with Gasteiger partial charge in [-0.2, -0.15) is 10.5 Å². The van der Waals surface area contributed by atoms with Crippen LogP contribution in [-0.4, -0.2) is 19.3 Å². The molecule has 1 rings (SSSR count). The molecule has 1 aromatic carbocycles. The molecule has 0 radical (unpaired) electrons. The van der Waals surface area contributed by atoms with Gasteiger partial charge in [-0.15, -0.1) is 11.8 Å². The van der Waals surface area contributed by atoms with E-state index >= 15 is 0 Å². The summed E-state index contributed by atoms with van der Waals surface area (Å²) < 4.78 is 0. The molecule has 0 amide bonds. The van der Waals surface area contributed by atoms with Crippen LogP contribution in [0.4, 0.5) is 5.69 Å². The topological polar surface area (TPSA) is 50.8 Å². The van der Waals surface area contributed by atoms with Gasteiger partial charge in [0.15, 0.2) is 0 Å². The van der Waals surface area contributed by atoms with Gasteiger partial charge in [0.1, 0.15) is 6.07 Å². The second kappa shape index (κ2) is 6.18. The minimum absolute atomic E-state index is 0.101. The molecule has 0 aliphatic carbocycles. The zero-order valence-corrected chi connectivity index (χ0v) is 11.1. The Bertz CT molecular complexity index is 471. The van der Waals surface area contributed by atoms with E-state index in [1.807, 2.05) is 43.3 Å². The third-order valence-electron chi connectivity index (χ3n) is 2.76. The molecule has 0 saturated heterocycles. The van der Waals surface area contributed by atoms with Crippen LogP contribution in [0.15, 0.2) is 23.1 Å². The first-order valence-electron chi connectivity index (χ1n) is 5.32. The van der Waals surface area contributed by atoms with Crippen LogP contribution in [0.3, 0.4) is 0 Å². The maximum absolute atomic E-state index is 9.24. The standard InChI is InChI=1S/C13H15N3S/c1-10(7-8-14)16(2)12-5-4-6-13(17-3)11(12)9-15/h4-6,10H,7H2,1-3H3. The first kappa shape index (κ1) is 13.4. The van der Waals surface area contributed by atoms with Crippen LogP contribution in [0, 0.1) is 22.7 Å². The van der Waals surface area contributed by atoms with Crippen LogP contribution in [0.25, 0.3) is 0 Å². The molecule has 0 aromatic heterocycles. The van der Waals surface area contributed by atoms with E-state index in [1.54, 1.807) is 11.8 Å². The third kappa shape index (κ3) is 2.93. The zero-order valence-electron chi connectivity index (χ0n) is 10.3. The van der Waals surface area contributed by atoms with E-state index in [2.05, 4.69) is 12.1 Å². The fourth-order valence-corrected chi connectivity index (χ4v) is 2.17. The highest BCUT2D eigenvalue weighted by atomic mass is 32.2. The fraction of sp³-hybridized carbons (Fsp3) is 0.385. The average molecular weight is 245 g/mol. The van der Waals surface area contributed by atoms with Crippen molar-refractivity contribution in [3.05, 3.63) is 23.8 Å². The molecule has 17 heavy (non-hydrogen) atoms. The fourth-order valence-electron chi connectivity index (χ4n) is 1.60. The summed E-state index contributed by atoms with van der Waals surface area (Å²) in [6.07, 6.45) is 2.41. The van der Waals surface area contributed by atoms with Gasteiger partial charge in [-0.3, -0.25) is 0 Å². The molecule has 1 atom stereocenters. The van der Waals surface area contributed by atoms with Crippen molar-refractivity contribution in [2.45, 2.75) is 24.3 Å². The molecule has 1 aromatic rings. The molecule has 0 saturated carbocycles. The molecule has 3 nitrogen and oxygen atoms in total. The maximum atomic E-state index is 9.24. The molecule has 0 heterocycles. The van der Waals surface area contributed by atoms with Gasteiger partial charge in [-0.05, 0) is 25.3 Å². The summed E-state index contributed by atoms with van der Waals surface area (Å²) in [5.41, 5.74) is 1.58. The molecular weight excluding hydrogens is 230 g/mol. The molecule has 4 heteroatoms. The predicted octanol–water partition coefficient (Wildman–Crippen LogP) is 3.02. The van der Waals surface area contributed by atoms with E-state index < -0.39 is 0 Å². The second-order valence-corrected chi connectivity index (χ2v) is 4.64. The van der Waals surface area contributed by atoms with Gasteiger partial charge < -0.3 is 4.90 Å². The molecule has 88 valence electrons. The Morgan fingerprint density at radius 3 is 2.65 bits per heavy atom. The zero-order chi connectivity index (χ0) is 12.8. The predicted molar refractivity (Wildman–Crippen MR) is 71.0 cm³/mol. The Morgan fingerprint density at radius 2 is 2.12 bits per heavy atom. The number of benzene rings is 1. The van der Waals surface area contributed by atoms with Crippen molar-refractivity contribution < 1.29 is 0 Å². The summed E-state index contributed by atoms with van der Waals surface area (Å²) in [6, 6.07) is 10.3. The van der Waals surface area contributed by atoms with Crippen molar-refractivity contribution in [3.63, 3.8) is 0 Å². The van der Waals surface area contributed by atoms with E-state index in [1.165, 1.54) is 0 Å². The quantitative estimate of drug-likeness (QED) is 0.765. The van der Waals surface area contributed by atoms with Gasteiger partial charge in [0.2, 0.25) is 0 Å². The van der Waals surface area contributed by atoms with Gasteiger partial charge >= 0.3 is 0 Å². The van der Waals surface area contributed by atoms with Crippen molar-refractivity contribution in [3.8, 4) is 12.1 Å². The minimum Gasteiger partial charge on any atom is -0.370 e. The Labute approximate surface area is 107 Å². The molecule has 0 aliphatic heterocycles. The van der Waals surface area contributed by atoms with E-state index in [9.17, 15) is 5.26 Å². The number of nitrogens with zero attached hydrogens (tertiary/aromatic N) is 3. The van der Waals surface area contributed by atoms with Gasteiger partial charge in [0, 0.05) is 18.0 Å². The summed E-state index contributed by atoms with van der Waals surface area (Å²) >= 11 is 1.56. The van der Waals surface area contributed by atoms with Crippen molar-refractivity contribution in [1.82, 2.24) is 0 Å². The Morgan fingerprint density at radius 1 is 1.41 bits per heavy atom. The van der Waals surface area contributed by atoms with Crippen molar-refractivity contribution >= 4 is 17.4 Å². The highest BCUT2D eigenvalue weighted by molar-refractivity contribution is 7.98. The van der Waals surface area contributed by atoms with Crippen LogP contribution in [-0.2, 0) is 0 Å². The van der Waals surface area contributed by atoms with Gasteiger partial charge in [0.05, 0.1) is 23.7 Å². The molecule has 1 unspecified atom stereocenters. The van der Waals surface area contributed by atoms with Gasteiger partial charge in [-0.1, -0.05) is 6.07 Å². The van der Waals surface area contributed by atoms with E-state index in [0.717, 1.165) is 10.6 Å². The Hall–Kier alpha value is -1.65. The lowest BCUT2D eigenvalue weighted by Crippen LogP contribution is -2.29. The van der Waals surface area contributed by atoms with Gasteiger partial charge in [0.25, 0.3) is 0 Å². The number of hydrogen-bond acceptors (Lipinski definition) is 4. The molecule has 0 fully saturated rings. The minimum atomic E-state index is 0.101. The lowest BCUT2D eigenvalue weighted by Gasteiger charge is -2.26. The highest BCUT2D eigenvalue weighted by Crippen LogP contribution is 2.29. The molecule has 0 aliphatic rings. The van der Waals surface area contributed by atoms with Crippen LogP contribution >= 0.6 is 11.8 Å². The summed E-state index contributed by atoms with van der Waals surface area (Å²) in [5, 5.41) is 17.9. The van der Waals surface area contributed by atoms with Crippen LogP contribution in [0.1, 0.15) is 18.9 Å². The first-order valence-corrected chi connectivity index (χ1v) is 6.55. The van der Waals surface area contributed by atoms with Crippen LogP contribution in [0.2, 0.25) is 0 Å². The number of rotatable bonds is 4. The molecular formula is C13H15N3S. The van der Waals surface area contributed by atoms with Crippen molar-refractivity contribution in [2.75, 3.05) is 18.2 Å². The van der Waals surface area contributed by atoms with Crippen LogP contribution < -0.4 is 4.90 Å². The number of thioether (sulfide) groups is 1. The maximum Gasteiger partial charge on any atom is 0.103 e. The largest absolute Gasteiger partial charge is 0.370 e. The van der Waals surface area contributed by atoms with E-state index in [4.69, 9.17) is 5.26 Å². The highest BCUT2D eigenvalue weighted by Gasteiger charge is 2.15. The Balaban J connectivity index is 3.14. The van der Waals surface area contributed by atoms with Crippen LogP contribution in [0.5, 0.6) is 0 Å². The second-order valence-electron chi connectivity index (χ2n) is 3.79. The third-order valence-corrected chi connectivity index (χ3v) is 3.54. The SMILES string of the molecule is CSc1cccc(N(C)C(C)CC#N)c1C#N. The summed E-state index contributed by atoms with van der Waals surface area (Å²) in [7, 11) is 1.92. The van der Waals surface area contributed by atoms with E-state index in [0.29, 0.717) is 12.0 Å². The van der Waals surface area contributed by atoms with E-state index in [-0.39, 0.29) is 6.04 Å². The number of hydrogen-bond donors (Lipinski definition) is 0. The summed E-state index contributed by atoms with van der Waals surface area (Å²) in [6.45, 7) is 1.98. The lowest BCUT2D eigenvalue weighted by molar-refractivity contribution is 0.701. The van der Waals surface area contributed by atoms with Gasteiger partial charge in [-0.25, -0.2) is 0 Å². The van der Waals surface area contributed by atoms with Crippen molar-refractivity contribution in [1.29, 1.82) is 10.5 Å².